The number of carbonyl (C=O) groups excluding carboxylic acids is 1. The standard InChI is InChI=1S/C20H28N4O4.ClH/c1-13-9-14(6-7-21-13)23-19(25)5-4-8-24-12-22-16-11-18(28-3)17(27-2)10-15(16)20(24)26;/h10-14,21H,4-9H2,1-3H3,(H,23,25);1H. The van der Waals surface area contributed by atoms with Crippen LogP contribution in [0.1, 0.15) is 32.6 Å². The zero-order valence-corrected chi connectivity index (χ0v) is 17.9. The monoisotopic (exact) mass is 424 g/mol. The van der Waals surface area contributed by atoms with Crippen molar-refractivity contribution >= 4 is 29.2 Å². The van der Waals surface area contributed by atoms with Crippen LogP contribution in [0.4, 0.5) is 0 Å². The van der Waals surface area contributed by atoms with Crippen molar-refractivity contribution in [1.29, 1.82) is 0 Å². The lowest BCUT2D eigenvalue weighted by atomic mass is 10.0. The van der Waals surface area contributed by atoms with Crippen molar-refractivity contribution in [2.75, 3.05) is 20.8 Å². The first-order chi connectivity index (χ1) is 13.5. The highest BCUT2D eigenvalue weighted by atomic mass is 35.5. The van der Waals surface area contributed by atoms with Gasteiger partial charge in [0.25, 0.3) is 5.56 Å². The Balaban J connectivity index is 0.00000300. The number of hydrogen-bond acceptors (Lipinski definition) is 6. The highest BCUT2D eigenvalue weighted by Crippen LogP contribution is 2.29. The van der Waals surface area contributed by atoms with Crippen LogP contribution in [-0.4, -0.2) is 48.3 Å². The summed E-state index contributed by atoms with van der Waals surface area (Å²) in [6.07, 6.45) is 4.38. The number of methoxy groups -OCH3 is 2. The van der Waals surface area contributed by atoms with Crippen LogP contribution in [0, 0.1) is 0 Å². The van der Waals surface area contributed by atoms with Gasteiger partial charge in [-0.2, -0.15) is 0 Å². The van der Waals surface area contributed by atoms with Gasteiger partial charge in [0.15, 0.2) is 11.5 Å². The van der Waals surface area contributed by atoms with Gasteiger partial charge in [-0.05, 0) is 38.8 Å². The number of hydrogen-bond donors (Lipinski definition) is 2. The van der Waals surface area contributed by atoms with Gasteiger partial charge < -0.3 is 20.1 Å². The van der Waals surface area contributed by atoms with E-state index in [0.29, 0.717) is 47.8 Å². The maximum atomic E-state index is 12.7. The molecule has 8 nitrogen and oxygen atoms in total. The molecular formula is C20H29ClN4O4. The first kappa shape index (κ1) is 23.0. The minimum absolute atomic E-state index is 0. The maximum Gasteiger partial charge on any atom is 0.261 e. The lowest BCUT2D eigenvalue weighted by Crippen LogP contribution is -2.46. The van der Waals surface area contributed by atoms with Gasteiger partial charge in [-0.25, -0.2) is 4.98 Å². The highest BCUT2D eigenvalue weighted by Gasteiger charge is 2.19. The molecule has 29 heavy (non-hydrogen) atoms. The van der Waals surface area contributed by atoms with Crippen LogP contribution in [0.3, 0.4) is 0 Å². The Hall–Kier alpha value is -2.32. The molecular weight excluding hydrogens is 396 g/mol. The van der Waals surface area contributed by atoms with Crippen LogP contribution in [0.2, 0.25) is 0 Å². The Kier molecular flexibility index (Phi) is 8.28. The third kappa shape index (κ3) is 5.61. The summed E-state index contributed by atoms with van der Waals surface area (Å²) in [6.45, 7) is 3.49. The second kappa shape index (κ2) is 10.5. The molecule has 1 aliphatic heterocycles. The fourth-order valence-electron chi connectivity index (χ4n) is 3.62. The summed E-state index contributed by atoms with van der Waals surface area (Å²) in [4.78, 5) is 29.3. The molecule has 1 aromatic carbocycles. The number of halogens is 1. The number of rotatable bonds is 7. The summed E-state index contributed by atoms with van der Waals surface area (Å²) in [6, 6.07) is 3.99. The Morgan fingerprint density at radius 2 is 2.03 bits per heavy atom. The van der Waals surface area contributed by atoms with Gasteiger partial charge in [0.05, 0.1) is 31.4 Å². The van der Waals surface area contributed by atoms with Crippen molar-refractivity contribution in [3.05, 3.63) is 28.8 Å². The highest BCUT2D eigenvalue weighted by molar-refractivity contribution is 5.85. The van der Waals surface area contributed by atoms with E-state index in [1.165, 1.54) is 18.0 Å². The van der Waals surface area contributed by atoms with Crippen molar-refractivity contribution in [1.82, 2.24) is 20.2 Å². The van der Waals surface area contributed by atoms with Crippen molar-refractivity contribution in [2.45, 2.75) is 51.2 Å². The Labute approximate surface area is 176 Å². The molecule has 2 unspecified atom stereocenters. The number of aryl methyl sites for hydroxylation is 1. The number of amides is 1. The third-order valence-corrected chi connectivity index (χ3v) is 5.12. The first-order valence-corrected chi connectivity index (χ1v) is 9.65. The number of benzene rings is 1. The van der Waals surface area contributed by atoms with Crippen molar-refractivity contribution in [2.24, 2.45) is 0 Å². The normalized spacial score (nSPS) is 18.7. The maximum absolute atomic E-state index is 12.7. The number of nitrogens with zero attached hydrogens (tertiary/aromatic N) is 2. The number of carbonyl (C=O) groups is 1. The largest absolute Gasteiger partial charge is 0.493 e. The van der Waals surface area contributed by atoms with Gasteiger partial charge in [0.2, 0.25) is 5.91 Å². The second-order valence-corrected chi connectivity index (χ2v) is 7.21. The average molecular weight is 425 g/mol. The Morgan fingerprint density at radius 1 is 1.31 bits per heavy atom. The van der Waals surface area contributed by atoms with E-state index in [1.807, 2.05) is 0 Å². The summed E-state index contributed by atoms with van der Waals surface area (Å²) >= 11 is 0. The molecule has 1 saturated heterocycles. The minimum Gasteiger partial charge on any atom is -0.493 e. The summed E-state index contributed by atoms with van der Waals surface area (Å²) in [7, 11) is 3.07. The molecule has 0 bridgehead atoms. The van der Waals surface area contributed by atoms with Crippen molar-refractivity contribution in [3.63, 3.8) is 0 Å². The van der Waals surface area contributed by atoms with Gasteiger partial charge in [-0.15, -0.1) is 12.4 Å². The zero-order chi connectivity index (χ0) is 20.1. The summed E-state index contributed by atoms with van der Waals surface area (Å²) < 4.78 is 12.1. The number of ether oxygens (including phenoxy) is 2. The molecule has 2 aromatic rings. The number of aromatic nitrogens is 2. The van der Waals surface area contributed by atoms with E-state index in [2.05, 4.69) is 22.5 Å². The molecule has 1 aromatic heterocycles. The zero-order valence-electron chi connectivity index (χ0n) is 17.1. The number of nitrogens with one attached hydrogen (secondary N) is 2. The molecule has 2 atom stereocenters. The molecule has 0 spiro atoms. The Morgan fingerprint density at radius 3 is 2.72 bits per heavy atom. The molecule has 1 amide bonds. The lowest BCUT2D eigenvalue weighted by Gasteiger charge is -2.28. The first-order valence-electron chi connectivity index (χ1n) is 9.65. The molecule has 1 aliphatic rings. The van der Waals surface area contributed by atoms with Crippen molar-refractivity contribution in [3.8, 4) is 11.5 Å². The van der Waals surface area contributed by atoms with Crippen LogP contribution >= 0.6 is 12.4 Å². The van der Waals surface area contributed by atoms with Crippen molar-refractivity contribution < 1.29 is 14.3 Å². The van der Waals surface area contributed by atoms with Gasteiger partial charge in [0.1, 0.15) is 0 Å². The average Bonchev–Trinajstić information content (AvgIpc) is 2.69. The van der Waals surface area contributed by atoms with Crippen LogP contribution in [0.15, 0.2) is 23.3 Å². The predicted molar refractivity (Wildman–Crippen MR) is 114 cm³/mol. The topological polar surface area (TPSA) is 94.5 Å². The quantitative estimate of drug-likeness (QED) is 0.704. The summed E-state index contributed by atoms with van der Waals surface area (Å²) in [5, 5.41) is 6.93. The van der Waals surface area contributed by atoms with Gasteiger partial charge in [-0.3, -0.25) is 14.2 Å². The molecule has 160 valence electrons. The van der Waals surface area contributed by atoms with E-state index in [0.717, 1.165) is 19.4 Å². The Bertz CT molecular complexity index is 902. The van der Waals surface area contributed by atoms with Gasteiger partial charge >= 0.3 is 0 Å². The SMILES string of the molecule is COc1cc2ncn(CCCC(=O)NC3CCNC(C)C3)c(=O)c2cc1OC.Cl. The van der Waals surface area contributed by atoms with Crippen LogP contribution < -0.4 is 25.7 Å². The lowest BCUT2D eigenvalue weighted by molar-refractivity contribution is -0.122. The molecule has 0 saturated carbocycles. The second-order valence-electron chi connectivity index (χ2n) is 7.21. The number of piperidine rings is 1. The summed E-state index contributed by atoms with van der Waals surface area (Å²) in [5.74, 6) is 1.05. The molecule has 0 aliphatic carbocycles. The summed E-state index contributed by atoms with van der Waals surface area (Å²) in [5.41, 5.74) is 0.398. The van der Waals surface area contributed by atoms with Gasteiger partial charge in [-0.1, -0.05) is 0 Å². The predicted octanol–water partition coefficient (Wildman–Crippen LogP) is 1.87. The van der Waals surface area contributed by atoms with E-state index in [9.17, 15) is 9.59 Å². The molecule has 2 heterocycles. The molecule has 0 radical (unpaired) electrons. The van der Waals surface area contributed by atoms with E-state index in [1.54, 1.807) is 19.2 Å². The molecule has 3 rings (SSSR count). The smallest absolute Gasteiger partial charge is 0.261 e. The van der Waals surface area contributed by atoms with E-state index < -0.39 is 0 Å². The van der Waals surface area contributed by atoms with Crippen LogP contribution in [-0.2, 0) is 11.3 Å². The molecule has 2 N–H and O–H groups in total. The molecule has 9 heteroatoms. The van der Waals surface area contributed by atoms with Crippen LogP contribution in [0.25, 0.3) is 10.9 Å². The van der Waals surface area contributed by atoms with E-state index in [4.69, 9.17) is 9.47 Å². The third-order valence-electron chi connectivity index (χ3n) is 5.12. The van der Waals surface area contributed by atoms with E-state index >= 15 is 0 Å². The van der Waals surface area contributed by atoms with Gasteiger partial charge in [0, 0.05) is 31.1 Å². The fraction of sp³-hybridized carbons (Fsp3) is 0.550. The fourth-order valence-corrected chi connectivity index (χ4v) is 3.62. The van der Waals surface area contributed by atoms with E-state index in [-0.39, 0.29) is 29.9 Å². The van der Waals surface area contributed by atoms with Crippen LogP contribution in [0.5, 0.6) is 11.5 Å². The minimum atomic E-state index is -0.154. The number of fused-ring (bicyclic) bond motifs is 1. The molecule has 1 fully saturated rings.